The van der Waals surface area contributed by atoms with Crippen molar-refractivity contribution in [1.29, 1.82) is 0 Å². The van der Waals surface area contributed by atoms with E-state index in [1.165, 1.54) is 11.8 Å². The minimum Gasteiger partial charge on any atom is -0.324 e. The molecule has 0 atom stereocenters. The standard InChI is InChI=1S/C16H16N6OS/c1-11-7-12(2)20-16(19-11)24-9-15(23)21-13-3-4-14(18-8-13)22-6-5-17-10-22/h3-8,10H,9H2,1-2H3,(H,21,23). The number of hydrogen-bond acceptors (Lipinski definition) is 6. The third-order valence-electron chi connectivity index (χ3n) is 3.09. The molecule has 3 aromatic heterocycles. The molecule has 1 N–H and O–H groups in total. The van der Waals surface area contributed by atoms with E-state index in [1.54, 1.807) is 35.6 Å². The Kier molecular flexibility index (Phi) is 4.85. The summed E-state index contributed by atoms with van der Waals surface area (Å²) < 4.78 is 1.79. The maximum Gasteiger partial charge on any atom is 0.234 e. The SMILES string of the molecule is Cc1cc(C)nc(SCC(=O)Nc2ccc(-n3ccnc3)nc2)n1. The number of nitrogens with one attached hydrogen (secondary N) is 1. The Morgan fingerprint density at radius 3 is 2.67 bits per heavy atom. The maximum atomic E-state index is 12.0. The van der Waals surface area contributed by atoms with Gasteiger partial charge in [0, 0.05) is 23.8 Å². The van der Waals surface area contributed by atoms with E-state index in [-0.39, 0.29) is 11.7 Å². The lowest BCUT2D eigenvalue weighted by atomic mass is 10.4. The lowest BCUT2D eigenvalue weighted by Crippen LogP contribution is -2.14. The van der Waals surface area contributed by atoms with E-state index >= 15 is 0 Å². The molecule has 0 aliphatic heterocycles. The summed E-state index contributed by atoms with van der Waals surface area (Å²) in [5.74, 6) is 0.857. The number of nitrogens with zero attached hydrogens (tertiary/aromatic N) is 5. The van der Waals surface area contributed by atoms with Crippen molar-refractivity contribution in [3.8, 4) is 5.82 Å². The van der Waals surface area contributed by atoms with Crippen LogP contribution in [0.15, 0.2) is 48.3 Å². The minimum atomic E-state index is -0.125. The molecule has 0 fully saturated rings. The van der Waals surface area contributed by atoms with E-state index in [0.29, 0.717) is 10.8 Å². The van der Waals surface area contributed by atoms with Crippen molar-refractivity contribution in [3.05, 3.63) is 54.5 Å². The summed E-state index contributed by atoms with van der Waals surface area (Å²) in [7, 11) is 0. The first kappa shape index (κ1) is 16.1. The Balaban J connectivity index is 1.56. The van der Waals surface area contributed by atoms with Crippen molar-refractivity contribution in [2.75, 3.05) is 11.1 Å². The summed E-state index contributed by atoms with van der Waals surface area (Å²) in [5.41, 5.74) is 2.43. The number of pyridine rings is 1. The predicted molar refractivity (Wildman–Crippen MR) is 92.2 cm³/mol. The van der Waals surface area contributed by atoms with Gasteiger partial charge in [0.05, 0.1) is 17.6 Å². The molecule has 0 radical (unpaired) electrons. The topological polar surface area (TPSA) is 85.6 Å². The molecule has 0 aliphatic carbocycles. The lowest BCUT2D eigenvalue weighted by molar-refractivity contribution is -0.113. The number of aromatic nitrogens is 5. The summed E-state index contributed by atoms with van der Waals surface area (Å²) in [4.78, 5) is 28.9. The van der Waals surface area contributed by atoms with Gasteiger partial charge in [-0.05, 0) is 32.0 Å². The van der Waals surface area contributed by atoms with Crippen LogP contribution in [0.25, 0.3) is 5.82 Å². The van der Waals surface area contributed by atoms with E-state index in [0.717, 1.165) is 17.2 Å². The average Bonchev–Trinajstić information content (AvgIpc) is 3.07. The molecule has 0 aromatic carbocycles. The van der Waals surface area contributed by atoms with E-state index in [2.05, 4.69) is 25.3 Å². The molecular formula is C16H16N6OS. The summed E-state index contributed by atoms with van der Waals surface area (Å²) in [6, 6.07) is 5.52. The van der Waals surface area contributed by atoms with Crippen molar-refractivity contribution < 1.29 is 4.79 Å². The van der Waals surface area contributed by atoms with Gasteiger partial charge in [0.15, 0.2) is 5.16 Å². The van der Waals surface area contributed by atoms with Crippen LogP contribution in [0.2, 0.25) is 0 Å². The number of anilines is 1. The fraction of sp³-hybridized carbons (Fsp3) is 0.188. The van der Waals surface area contributed by atoms with Crippen LogP contribution < -0.4 is 5.32 Å². The summed E-state index contributed by atoms with van der Waals surface area (Å²) in [6.45, 7) is 3.82. The van der Waals surface area contributed by atoms with Crippen molar-refractivity contribution in [1.82, 2.24) is 24.5 Å². The van der Waals surface area contributed by atoms with Crippen molar-refractivity contribution >= 4 is 23.4 Å². The number of hydrogen-bond donors (Lipinski definition) is 1. The molecule has 0 saturated carbocycles. The van der Waals surface area contributed by atoms with Gasteiger partial charge in [-0.3, -0.25) is 9.36 Å². The van der Waals surface area contributed by atoms with Crippen LogP contribution >= 0.6 is 11.8 Å². The monoisotopic (exact) mass is 340 g/mol. The Bertz CT molecular complexity index is 812. The Morgan fingerprint density at radius 2 is 2.04 bits per heavy atom. The van der Waals surface area contributed by atoms with Gasteiger partial charge in [-0.1, -0.05) is 11.8 Å². The van der Waals surface area contributed by atoms with E-state index in [9.17, 15) is 4.79 Å². The predicted octanol–water partition coefficient (Wildman–Crippen LogP) is 2.40. The normalized spacial score (nSPS) is 10.6. The van der Waals surface area contributed by atoms with Crippen LogP contribution in [0.5, 0.6) is 0 Å². The second-order valence-corrected chi connectivity index (χ2v) is 6.09. The van der Waals surface area contributed by atoms with Crippen molar-refractivity contribution in [3.63, 3.8) is 0 Å². The second kappa shape index (κ2) is 7.22. The third kappa shape index (κ3) is 4.17. The number of carbonyl (C=O) groups excluding carboxylic acids is 1. The zero-order valence-corrected chi connectivity index (χ0v) is 14.1. The van der Waals surface area contributed by atoms with Crippen LogP contribution in [-0.2, 0) is 4.79 Å². The van der Waals surface area contributed by atoms with Gasteiger partial charge in [-0.25, -0.2) is 19.9 Å². The van der Waals surface area contributed by atoms with Crippen LogP contribution in [0.1, 0.15) is 11.4 Å². The third-order valence-corrected chi connectivity index (χ3v) is 3.94. The molecule has 3 rings (SSSR count). The molecular weight excluding hydrogens is 324 g/mol. The molecule has 122 valence electrons. The van der Waals surface area contributed by atoms with Gasteiger partial charge in [0.2, 0.25) is 5.91 Å². The van der Waals surface area contributed by atoms with Gasteiger partial charge in [0.25, 0.3) is 0 Å². The first-order valence-corrected chi connectivity index (χ1v) is 8.28. The van der Waals surface area contributed by atoms with Crippen LogP contribution in [-0.4, -0.2) is 36.2 Å². The van der Waals surface area contributed by atoms with Gasteiger partial charge in [-0.2, -0.15) is 0 Å². The summed E-state index contributed by atoms with van der Waals surface area (Å²) in [5, 5.41) is 3.42. The number of imidazole rings is 1. The van der Waals surface area contributed by atoms with E-state index < -0.39 is 0 Å². The number of amides is 1. The molecule has 3 aromatic rings. The van der Waals surface area contributed by atoms with Crippen molar-refractivity contribution in [2.24, 2.45) is 0 Å². The number of carbonyl (C=O) groups is 1. The Morgan fingerprint density at radius 1 is 1.25 bits per heavy atom. The Hall–Kier alpha value is -2.74. The average molecular weight is 340 g/mol. The number of aryl methyl sites for hydroxylation is 2. The highest BCUT2D eigenvalue weighted by molar-refractivity contribution is 7.99. The molecule has 24 heavy (non-hydrogen) atoms. The van der Waals surface area contributed by atoms with Crippen LogP contribution in [0.4, 0.5) is 5.69 Å². The lowest BCUT2D eigenvalue weighted by Gasteiger charge is -2.06. The van der Waals surface area contributed by atoms with Gasteiger partial charge in [-0.15, -0.1) is 0 Å². The second-order valence-electron chi connectivity index (χ2n) is 5.15. The quantitative estimate of drug-likeness (QED) is 0.567. The van der Waals surface area contributed by atoms with Crippen LogP contribution in [0.3, 0.4) is 0 Å². The molecule has 7 nitrogen and oxygen atoms in total. The molecule has 0 spiro atoms. The molecule has 1 amide bonds. The number of rotatable bonds is 5. The highest BCUT2D eigenvalue weighted by atomic mass is 32.2. The number of thioether (sulfide) groups is 1. The first-order chi connectivity index (χ1) is 11.6. The van der Waals surface area contributed by atoms with Gasteiger partial charge in [0.1, 0.15) is 12.1 Å². The molecule has 0 aliphatic rings. The largest absolute Gasteiger partial charge is 0.324 e. The van der Waals surface area contributed by atoms with Gasteiger partial charge < -0.3 is 5.32 Å². The highest BCUT2D eigenvalue weighted by Crippen LogP contribution is 2.15. The van der Waals surface area contributed by atoms with Crippen molar-refractivity contribution in [2.45, 2.75) is 19.0 Å². The molecule has 8 heteroatoms. The Labute approximate surface area is 143 Å². The van der Waals surface area contributed by atoms with E-state index in [1.807, 2.05) is 26.0 Å². The molecule has 0 bridgehead atoms. The van der Waals surface area contributed by atoms with Crippen LogP contribution in [0, 0.1) is 13.8 Å². The molecule has 3 heterocycles. The summed E-state index contributed by atoms with van der Waals surface area (Å²) in [6.07, 6.45) is 6.77. The first-order valence-electron chi connectivity index (χ1n) is 7.29. The highest BCUT2D eigenvalue weighted by Gasteiger charge is 2.07. The molecule has 0 saturated heterocycles. The maximum absolute atomic E-state index is 12.0. The van der Waals surface area contributed by atoms with Gasteiger partial charge >= 0.3 is 0 Å². The fourth-order valence-corrected chi connectivity index (χ4v) is 2.84. The zero-order valence-electron chi connectivity index (χ0n) is 13.3. The minimum absolute atomic E-state index is 0.125. The summed E-state index contributed by atoms with van der Waals surface area (Å²) >= 11 is 1.31. The van der Waals surface area contributed by atoms with E-state index in [4.69, 9.17) is 0 Å². The zero-order chi connectivity index (χ0) is 16.9. The fourth-order valence-electron chi connectivity index (χ4n) is 2.09. The molecule has 0 unspecified atom stereocenters. The smallest absolute Gasteiger partial charge is 0.234 e.